The van der Waals surface area contributed by atoms with E-state index < -0.39 is 22.8 Å². The predicted molar refractivity (Wildman–Crippen MR) is 74.3 cm³/mol. The van der Waals surface area contributed by atoms with Crippen LogP contribution in [0.15, 0.2) is 18.2 Å². The third kappa shape index (κ3) is 2.69. The largest absolute Gasteiger partial charge is 0.480 e. The molecule has 0 radical (unpaired) electrons. The normalized spacial score (nSPS) is 21.3. The monoisotopic (exact) mass is 312 g/mol. The van der Waals surface area contributed by atoms with Gasteiger partial charge in [0.25, 0.3) is 11.6 Å². The second-order valence-corrected chi connectivity index (χ2v) is 5.32. The molecular weight excluding hydrogens is 300 g/mol. The number of aliphatic carboxylic acids is 1. The molecule has 1 N–H and O–H groups in total. The lowest BCUT2D eigenvalue weighted by molar-refractivity contribution is -0.384. The number of nitro benzene ring substituents is 1. The third-order valence-corrected chi connectivity index (χ3v) is 4.02. The minimum absolute atomic E-state index is 0.0498. The van der Waals surface area contributed by atoms with Crippen molar-refractivity contribution in [3.05, 3.63) is 38.9 Å². The summed E-state index contributed by atoms with van der Waals surface area (Å²) in [7, 11) is 0. The fourth-order valence-corrected chi connectivity index (χ4v) is 2.81. The molecule has 1 aliphatic heterocycles. The van der Waals surface area contributed by atoms with Crippen LogP contribution < -0.4 is 0 Å². The second-order valence-electron chi connectivity index (χ2n) is 4.94. The van der Waals surface area contributed by atoms with Crippen LogP contribution in [0.1, 0.15) is 23.7 Å². The van der Waals surface area contributed by atoms with Crippen LogP contribution in [0.25, 0.3) is 0 Å². The van der Waals surface area contributed by atoms with Gasteiger partial charge in [-0.2, -0.15) is 0 Å². The van der Waals surface area contributed by atoms with E-state index in [-0.39, 0.29) is 28.7 Å². The smallest absolute Gasteiger partial charge is 0.326 e. The van der Waals surface area contributed by atoms with Crippen molar-refractivity contribution in [2.45, 2.75) is 19.4 Å². The first-order valence-electron chi connectivity index (χ1n) is 6.31. The number of likely N-dealkylation sites (tertiary alicyclic amines) is 1. The lowest BCUT2D eigenvalue weighted by Gasteiger charge is -2.23. The van der Waals surface area contributed by atoms with Gasteiger partial charge < -0.3 is 10.0 Å². The number of benzene rings is 1. The number of nitro groups is 1. The van der Waals surface area contributed by atoms with Crippen molar-refractivity contribution in [3.63, 3.8) is 0 Å². The molecule has 7 nitrogen and oxygen atoms in total. The number of rotatable bonds is 3. The molecule has 1 heterocycles. The Morgan fingerprint density at radius 2 is 2.14 bits per heavy atom. The second kappa shape index (κ2) is 5.69. The zero-order valence-electron chi connectivity index (χ0n) is 11.2. The van der Waals surface area contributed by atoms with E-state index in [2.05, 4.69) is 0 Å². The van der Waals surface area contributed by atoms with Crippen molar-refractivity contribution < 1.29 is 19.6 Å². The Morgan fingerprint density at radius 1 is 1.48 bits per heavy atom. The van der Waals surface area contributed by atoms with E-state index in [1.165, 1.54) is 23.1 Å². The van der Waals surface area contributed by atoms with Crippen LogP contribution in [-0.2, 0) is 4.79 Å². The van der Waals surface area contributed by atoms with E-state index in [0.29, 0.717) is 6.42 Å². The Morgan fingerprint density at radius 3 is 2.71 bits per heavy atom. The molecule has 0 bridgehead atoms. The summed E-state index contributed by atoms with van der Waals surface area (Å²) >= 11 is 5.90. The standard InChI is InChI=1S/C13H13ClN2O5/c1-7-5-6-15(11(7)13(18)19)12(17)8-3-2-4-9(10(8)14)16(20)21/h2-4,7,11H,5-6H2,1H3,(H,18,19). The molecule has 2 unspecified atom stereocenters. The molecule has 0 aromatic heterocycles. The van der Waals surface area contributed by atoms with Gasteiger partial charge in [-0.3, -0.25) is 14.9 Å². The molecule has 1 aromatic rings. The van der Waals surface area contributed by atoms with Crippen molar-refractivity contribution in [2.75, 3.05) is 6.54 Å². The van der Waals surface area contributed by atoms with Gasteiger partial charge >= 0.3 is 5.97 Å². The number of amides is 1. The number of carbonyl (C=O) groups is 2. The molecule has 0 saturated carbocycles. The first-order valence-corrected chi connectivity index (χ1v) is 6.69. The van der Waals surface area contributed by atoms with Crippen molar-refractivity contribution in [1.29, 1.82) is 0 Å². The Hall–Kier alpha value is -2.15. The zero-order chi connectivity index (χ0) is 15.7. The van der Waals surface area contributed by atoms with E-state index in [4.69, 9.17) is 11.6 Å². The maximum Gasteiger partial charge on any atom is 0.326 e. The van der Waals surface area contributed by atoms with Gasteiger partial charge in [-0.15, -0.1) is 0 Å². The average molecular weight is 313 g/mol. The van der Waals surface area contributed by atoms with Gasteiger partial charge in [0.15, 0.2) is 0 Å². The summed E-state index contributed by atoms with van der Waals surface area (Å²) in [6.45, 7) is 2.04. The van der Waals surface area contributed by atoms with Gasteiger partial charge in [0.1, 0.15) is 11.1 Å². The Kier molecular flexibility index (Phi) is 4.13. The van der Waals surface area contributed by atoms with Crippen LogP contribution in [0.4, 0.5) is 5.69 Å². The molecule has 112 valence electrons. The molecule has 1 aromatic carbocycles. The van der Waals surface area contributed by atoms with Crippen LogP contribution in [0.3, 0.4) is 0 Å². The highest BCUT2D eigenvalue weighted by molar-refractivity contribution is 6.35. The van der Waals surface area contributed by atoms with E-state index in [9.17, 15) is 24.8 Å². The number of nitrogens with zero attached hydrogens (tertiary/aromatic N) is 2. The number of hydrogen-bond donors (Lipinski definition) is 1. The highest BCUT2D eigenvalue weighted by Crippen LogP contribution is 2.32. The first-order chi connectivity index (χ1) is 9.84. The molecule has 1 amide bonds. The van der Waals surface area contributed by atoms with E-state index in [1.807, 2.05) is 0 Å². The number of hydrogen-bond acceptors (Lipinski definition) is 4. The molecule has 0 aliphatic carbocycles. The van der Waals surface area contributed by atoms with Crippen LogP contribution in [0.5, 0.6) is 0 Å². The van der Waals surface area contributed by atoms with E-state index in [1.54, 1.807) is 6.92 Å². The summed E-state index contributed by atoms with van der Waals surface area (Å²) in [5.74, 6) is -1.86. The van der Waals surface area contributed by atoms with Gasteiger partial charge in [0.05, 0.1) is 10.5 Å². The summed E-state index contributed by atoms with van der Waals surface area (Å²) in [5, 5.41) is 19.8. The SMILES string of the molecule is CC1CCN(C(=O)c2cccc([N+](=O)[O-])c2Cl)C1C(=O)O. The van der Waals surface area contributed by atoms with Gasteiger partial charge in [-0.05, 0) is 18.4 Å². The molecule has 8 heteroatoms. The quantitative estimate of drug-likeness (QED) is 0.681. The summed E-state index contributed by atoms with van der Waals surface area (Å²) in [6, 6.07) is 2.97. The topological polar surface area (TPSA) is 101 Å². The van der Waals surface area contributed by atoms with Crippen molar-refractivity contribution in [1.82, 2.24) is 4.90 Å². The Labute approximate surface area is 125 Å². The van der Waals surface area contributed by atoms with Crippen LogP contribution >= 0.6 is 11.6 Å². The number of carbonyl (C=O) groups excluding carboxylic acids is 1. The fraction of sp³-hybridized carbons (Fsp3) is 0.385. The minimum atomic E-state index is -1.09. The number of carboxylic acid groups (broad SMARTS) is 1. The maximum atomic E-state index is 12.5. The first kappa shape index (κ1) is 15.2. The van der Waals surface area contributed by atoms with Crippen molar-refractivity contribution in [2.24, 2.45) is 5.92 Å². The molecule has 1 fully saturated rings. The summed E-state index contributed by atoms with van der Waals surface area (Å²) in [4.78, 5) is 35.1. The van der Waals surface area contributed by atoms with E-state index in [0.717, 1.165) is 0 Å². The van der Waals surface area contributed by atoms with Crippen molar-refractivity contribution >= 4 is 29.2 Å². The Bertz CT molecular complexity index is 619. The molecule has 21 heavy (non-hydrogen) atoms. The fourth-order valence-electron chi connectivity index (χ4n) is 2.53. The molecule has 1 saturated heterocycles. The van der Waals surface area contributed by atoms with Gasteiger partial charge in [0, 0.05) is 12.6 Å². The van der Waals surface area contributed by atoms with Gasteiger partial charge in [0.2, 0.25) is 0 Å². The van der Waals surface area contributed by atoms with Crippen LogP contribution in [0, 0.1) is 16.0 Å². The highest BCUT2D eigenvalue weighted by Gasteiger charge is 2.40. The highest BCUT2D eigenvalue weighted by atomic mass is 35.5. The third-order valence-electron chi connectivity index (χ3n) is 3.62. The summed E-state index contributed by atoms with van der Waals surface area (Å²) < 4.78 is 0. The zero-order valence-corrected chi connectivity index (χ0v) is 11.9. The van der Waals surface area contributed by atoms with Crippen LogP contribution in [0.2, 0.25) is 5.02 Å². The summed E-state index contributed by atoms with van der Waals surface area (Å²) in [5.41, 5.74) is -0.423. The van der Waals surface area contributed by atoms with E-state index >= 15 is 0 Å². The lowest BCUT2D eigenvalue weighted by Crippen LogP contribution is -2.42. The minimum Gasteiger partial charge on any atom is -0.480 e. The summed E-state index contributed by atoms with van der Waals surface area (Å²) in [6.07, 6.45) is 0.565. The van der Waals surface area contributed by atoms with Gasteiger partial charge in [-0.1, -0.05) is 24.6 Å². The van der Waals surface area contributed by atoms with Gasteiger partial charge in [-0.25, -0.2) is 4.79 Å². The number of halogens is 1. The maximum absolute atomic E-state index is 12.5. The lowest BCUT2D eigenvalue weighted by atomic mass is 10.0. The van der Waals surface area contributed by atoms with Crippen molar-refractivity contribution in [3.8, 4) is 0 Å². The predicted octanol–water partition coefficient (Wildman–Crippen LogP) is 2.18. The molecular formula is C13H13ClN2O5. The Balaban J connectivity index is 2.39. The van der Waals surface area contributed by atoms with Crippen LogP contribution in [-0.4, -0.2) is 39.4 Å². The molecule has 1 aliphatic rings. The molecule has 0 spiro atoms. The molecule has 2 atom stereocenters. The number of carboxylic acids is 1. The average Bonchev–Trinajstić information content (AvgIpc) is 2.80. The molecule has 2 rings (SSSR count).